The lowest BCUT2D eigenvalue weighted by molar-refractivity contribution is 0.290. The van der Waals surface area contributed by atoms with Crippen LogP contribution in [0.3, 0.4) is 0 Å². The van der Waals surface area contributed by atoms with Gasteiger partial charge in [0.15, 0.2) is 0 Å². The summed E-state index contributed by atoms with van der Waals surface area (Å²) in [7, 11) is 1.85. The maximum Gasteiger partial charge on any atom is 0.223 e. The van der Waals surface area contributed by atoms with Crippen LogP contribution in [0.2, 0.25) is 0 Å². The first-order chi connectivity index (χ1) is 10.8. The number of fused-ring (bicyclic) bond motifs is 3. The summed E-state index contributed by atoms with van der Waals surface area (Å²) < 4.78 is 5.82. The normalized spacial score (nSPS) is 12.3. The highest BCUT2D eigenvalue weighted by atomic mass is 16.5. The van der Waals surface area contributed by atoms with E-state index in [1.54, 1.807) is 0 Å². The number of hydrogen-bond acceptors (Lipinski definition) is 4. The van der Waals surface area contributed by atoms with E-state index < -0.39 is 0 Å². The first kappa shape index (κ1) is 12.9. The van der Waals surface area contributed by atoms with E-state index in [1.807, 2.05) is 26.2 Å². The lowest BCUT2D eigenvalue weighted by atomic mass is 9.94. The molecule has 5 nitrogen and oxygen atoms in total. The highest BCUT2D eigenvalue weighted by Crippen LogP contribution is 2.38. The number of hydrogen-bond donors (Lipinski definition) is 2. The van der Waals surface area contributed by atoms with Gasteiger partial charge in [0.05, 0.1) is 6.20 Å². The van der Waals surface area contributed by atoms with Crippen molar-refractivity contribution in [3.63, 3.8) is 0 Å². The fraction of sp³-hybridized carbons (Fsp3) is 0.176. The van der Waals surface area contributed by atoms with Gasteiger partial charge in [-0.05, 0) is 41.8 Å². The van der Waals surface area contributed by atoms with Gasteiger partial charge in [-0.2, -0.15) is 10.1 Å². The van der Waals surface area contributed by atoms with Gasteiger partial charge in [-0.1, -0.05) is 12.1 Å². The molecule has 0 spiro atoms. The van der Waals surface area contributed by atoms with Crippen molar-refractivity contribution in [2.75, 3.05) is 12.4 Å². The third-order valence-electron chi connectivity index (χ3n) is 4.02. The van der Waals surface area contributed by atoms with Crippen molar-refractivity contribution in [2.45, 2.75) is 13.5 Å². The molecule has 110 valence electrons. The van der Waals surface area contributed by atoms with Crippen LogP contribution in [-0.4, -0.2) is 22.2 Å². The Labute approximate surface area is 128 Å². The molecule has 3 heterocycles. The van der Waals surface area contributed by atoms with Gasteiger partial charge >= 0.3 is 0 Å². The molecule has 1 aromatic carbocycles. The van der Waals surface area contributed by atoms with E-state index in [2.05, 4.69) is 44.8 Å². The van der Waals surface area contributed by atoms with Crippen molar-refractivity contribution >= 4 is 5.82 Å². The number of ether oxygens (including phenoxy) is 1. The molecule has 1 aliphatic heterocycles. The van der Waals surface area contributed by atoms with Gasteiger partial charge in [-0.3, -0.25) is 5.10 Å². The van der Waals surface area contributed by atoms with Gasteiger partial charge < -0.3 is 10.1 Å². The summed E-state index contributed by atoms with van der Waals surface area (Å²) in [6.07, 6.45) is 1.86. The molecule has 0 fully saturated rings. The molecule has 0 amide bonds. The number of rotatable bonds is 2. The predicted molar refractivity (Wildman–Crippen MR) is 85.9 cm³/mol. The van der Waals surface area contributed by atoms with E-state index >= 15 is 0 Å². The molecule has 22 heavy (non-hydrogen) atoms. The van der Waals surface area contributed by atoms with Gasteiger partial charge in [0.1, 0.15) is 12.4 Å². The molecule has 2 aromatic heterocycles. The Hall–Kier alpha value is -2.82. The molecule has 5 heteroatoms. The van der Waals surface area contributed by atoms with E-state index in [0.717, 1.165) is 28.2 Å². The van der Waals surface area contributed by atoms with Gasteiger partial charge in [-0.15, -0.1) is 0 Å². The Morgan fingerprint density at radius 1 is 1.14 bits per heavy atom. The van der Waals surface area contributed by atoms with Gasteiger partial charge in [0.2, 0.25) is 5.88 Å². The number of aromatic nitrogens is 3. The topological polar surface area (TPSA) is 62.8 Å². The van der Waals surface area contributed by atoms with Crippen LogP contribution in [0.1, 0.15) is 11.3 Å². The van der Waals surface area contributed by atoms with E-state index in [1.165, 1.54) is 11.1 Å². The van der Waals surface area contributed by atoms with Gasteiger partial charge in [-0.25, -0.2) is 0 Å². The number of H-pyrrole nitrogens is 1. The molecule has 3 aromatic rings. The summed E-state index contributed by atoms with van der Waals surface area (Å²) in [5.41, 5.74) is 6.73. The maximum atomic E-state index is 5.82. The minimum atomic E-state index is 0.535. The van der Waals surface area contributed by atoms with Gasteiger partial charge in [0.25, 0.3) is 0 Å². The van der Waals surface area contributed by atoms with Crippen LogP contribution in [0.25, 0.3) is 22.3 Å². The molecule has 0 saturated heterocycles. The van der Waals surface area contributed by atoms with Crippen molar-refractivity contribution < 1.29 is 4.74 Å². The summed E-state index contributed by atoms with van der Waals surface area (Å²) in [5, 5.41) is 10.1. The summed E-state index contributed by atoms with van der Waals surface area (Å²) in [5.74, 6) is 1.50. The lowest BCUT2D eigenvalue weighted by Gasteiger charge is -2.21. The fourth-order valence-corrected chi connectivity index (χ4v) is 2.83. The Morgan fingerprint density at radius 3 is 2.77 bits per heavy atom. The van der Waals surface area contributed by atoms with Crippen LogP contribution in [0, 0.1) is 6.92 Å². The molecule has 0 atom stereocenters. The van der Waals surface area contributed by atoms with E-state index in [9.17, 15) is 0 Å². The molecule has 0 radical (unpaired) electrons. The zero-order valence-electron chi connectivity index (χ0n) is 12.5. The Bertz CT molecular complexity index is 854. The molecular formula is C17H16N4O. The van der Waals surface area contributed by atoms with Crippen LogP contribution in [0.5, 0.6) is 5.88 Å². The fourth-order valence-electron chi connectivity index (χ4n) is 2.83. The number of benzene rings is 1. The number of anilines is 1. The number of pyridine rings is 1. The number of aromatic amines is 1. The smallest absolute Gasteiger partial charge is 0.223 e. The van der Waals surface area contributed by atoms with Crippen molar-refractivity contribution in [1.82, 2.24) is 15.2 Å². The Kier molecular flexibility index (Phi) is 2.85. The number of nitrogens with zero attached hydrogens (tertiary/aromatic N) is 2. The minimum Gasteiger partial charge on any atom is -0.472 e. The molecule has 0 unspecified atom stereocenters. The number of nitrogens with one attached hydrogen (secondary N) is 2. The van der Waals surface area contributed by atoms with E-state index in [0.29, 0.717) is 12.5 Å². The van der Waals surface area contributed by atoms with Gasteiger partial charge in [0, 0.05) is 23.9 Å². The van der Waals surface area contributed by atoms with Crippen LogP contribution in [0.15, 0.2) is 36.5 Å². The largest absolute Gasteiger partial charge is 0.472 e. The highest BCUT2D eigenvalue weighted by Gasteiger charge is 2.19. The summed E-state index contributed by atoms with van der Waals surface area (Å²) >= 11 is 0. The molecular weight excluding hydrogens is 276 g/mol. The van der Waals surface area contributed by atoms with E-state index in [-0.39, 0.29) is 0 Å². The first-order valence-corrected chi connectivity index (χ1v) is 7.21. The average Bonchev–Trinajstić information content (AvgIpc) is 2.99. The third kappa shape index (κ3) is 1.94. The van der Waals surface area contributed by atoms with Crippen LogP contribution in [-0.2, 0) is 6.61 Å². The second-order valence-corrected chi connectivity index (χ2v) is 5.37. The van der Waals surface area contributed by atoms with Crippen molar-refractivity contribution in [2.24, 2.45) is 0 Å². The minimum absolute atomic E-state index is 0.535. The Morgan fingerprint density at radius 2 is 2.00 bits per heavy atom. The first-order valence-electron chi connectivity index (χ1n) is 7.21. The summed E-state index contributed by atoms with van der Waals surface area (Å²) in [6, 6.07) is 10.4. The molecule has 0 bridgehead atoms. The molecule has 0 saturated carbocycles. The highest BCUT2D eigenvalue weighted by molar-refractivity contribution is 5.78. The predicted octanol–water partition coefficient (Wildman–Crippen LogP) is 3.38. The second-order valence-electron chi connectivity index (χ2n) is 5.37. The molecule has 1 aliphatic rings. The lowest BCUT2D eigenvalue weighted by Crippen LogP contribution is -2.08. The van der Waals surface area contributed by atoms with Crippen molar-refractivity contribution in [3.05, 3.63) is 47.8 Å². The summed E-state index contributed by atoms with van der Waals surface area (Å²) in [6.45, 7) is 2.56. The monoisotopic (exact) mass is 292 g/mol. The maximum absolute atomic E-state index is 5.82. The quantitative estimate of drug-likeness (QED) is 0.760. The van der Waals surface area contributed by atoms with Crippen molar-refractivity contribution in [3.8, 4) is 28.1 Å². The summed E-state index contributed by atoms with van der Waals surface area (Å²) in [4.78, 5) is 4.47. The molecule has 2 N–H and O–H groups in total. The Balaban J connectivity index is 1.81. The molecule has 4 rings (SSSR count). The standard InChI is InChI=1S/C17H16N4O/c1-10-15(8-19-21-10)11-3-4-13-12(7-11)9-22-17-14(13)5-6-16(18-2)20-17/h3-8H,9H2,1-2H3,(H,18,20)(H,19,21). The van der Waals surface area contributed by atoms with Crippen LogP contribution >= 0.6 is 0 Å². The third-order valence-corrected chi connectivity index (χ3v) is 4.02. The van der Waals surface area contributed by atoms with Crippen molar-refractivity contribution in [1.29, 1.82) is 0 Å². The molecule has 0 aliphatic carbocycles. The average molecular weight is 292 g/mol. The van der Waals surface area contributed by atoms with E-state index in [4.69, 9.17) is 4.74 Å². The zero-order valence-corrected chi connectivity index (χ0v) is 12.5. The second kappa shape index (κ2) is 4.87. The van der Waals surface area contributed by atoms with Crippen LogP contribution < -0.4 is 10.1 Å². The van der Waals surface area contributed by atoms with Crippen LogP contribution in [0.4, 0.5) is 5.82 Å². The zero-order chi connectivity index (χ0) is 15.1. The SMILES string of the molecule is CNc1ccc2c(n1)OCc1cc(-c3cn[nH]c3C)ccc1-2. The number of aryl methyl sites for hydroxylation is 1.